The average Bonchev–Trinajstić information content (AvgIpc) is 2.38. The van der Waals surface area contributed by atoms with Gasteiger partial charge in [0.1, 0.15) is 0 Å². The highest BCUT2D eigenvalue weighted by molar-refractivity contribution is 5.98. The zero-order chi connectivity index (χ0) is 14.0. The van der Waals surface area contributed by atoms with E-state index >= 15 is 0 Å². The summed E-state index contributed by atoms with van der Waals surface area (Å²) in [5.74, 6) is 0.337. The number of carbonyl (C=O) groups is 1. The lowest BCUT2D eigenvalue weighted by atomic mass is 9.75. The number of piperidine rings is 1. The van der Waals surface area contributed by atoms with Crippen molar-refractivity contribution in [2.24, 2.45) is 17.1 Å². The summed E-state index contributed by atoms with van der Waals surface area (Å²) in [6.45, 7) is 8.86. The van der Waals surface area contributed by atoms with Crippen molar-refractivity contribution in [2.45, 2.75) is 33.6 Å². The molecule has 1 aromatic heterocycles. The van der Waals surface area contributed by atoms with E-state index in [1.807, 2.05) is 6.07 Å². The fourth-order valence-corrected chi connectivity index (χ4v) is 2.84. The molecule has 4 heteroatoms. The Morgan fingerprint density at radius 2 is 2.00 bits per heavy atom. The third-order valence-electron chi connectivity index (χ3n) is 4.12. The van der Waals surface area contributed by atoms with E-state index in [2.05, 4.69) is 30.7 Å². The van der Waals surface area contributed by atoms with E-state index in [9.17, 15) is 4.79 Å². The fraction of sp³-hybridized carbons (Fsp3) is 0.600. The zero-order valence-corrected chi connectivity index (χ0v) is 12.0. The van der Waals surface area contributed by atoms with Crippen LogP contribution in [0.5, 0.6) is 0 Å². The molecule has 1 aliphatic rings. The molecule has 0 aromatic carbocycles. The van der Waals surface area contributed by atoms with Gasteiger partial charge in [-0.05, 0) is 30.2 Å². The van der Waals surface area contributed by atoms with E-state index in [1.165, 1.54) is 0 Å². The molecule has 0 atom stereocenters. The Hall–Kier alpha value is -1.58. The van der Waals surface area contributed by atoms with Crippen molar-refractivity contribution in [1.29, 1.82) is 0 Å². The molecule has 0 bridgehead atoms. The second kappa shape index (κ2) is 5.19. The lowest BCUT2D eigenvalue weighted by Gasteiger charge is -2.40. The molecular formula is C15H23N3O. The summed E-state index contributed by atoms with van der Waals surface area (Å²) in [6.07, 6.45) is 5.60. The number of hydrogen-bond acceptors (Lipinski definition) is 3. The number of nitrogens with zero attached hydrogens (tertiary/aromatic N) is 2. The minimum absolute atomic E-state index is 0.358. The number of nitrogens with two attached hydrogens (primary N) is 1. The van der Waals surface area contributed by atoms with Gasteiger partial charge >= 0.3 is 0 Å². The molecule has 0 radical (unpaired) electrons. The molecule has 0 unspecified atom stereocenters. The molecule has 1 saturated heterocycles. The van der Waals surface area contributed by atoms with E-state index in [-0.39, 0.29) is 0 Å². The summed E-state index contributed by atoms with van der Waals surface area (Å²) in [7, 11) is 0. The highest BCUT2D eigenvalue weighted by Gasteiger charge is 2.29. The minimum Gasteiger partial charge on any atom is -0.371 e. The topological polar surface area (TPSA) is 59.2 Å². The van der Waals surface area contributed by atoms with Crippen LogP contribution in [0.1, 0.15) is 44.0 Å². The Morgan fingerprint density at radius 1 is 1.37 bits per heavy atom. The number of aromatic nitrogens is 1. The van der Waals surface area contributed by atoms with Crippen LogP contribution in [0.15, 0.2) is 18.5 Å². The minimum atomic E-state index is -0.402. The Kier molecular flexibility index (Phi) is 3.78. The summed E-state index contributed by atoms with van der Waals surface area (Å²) in [6, 6.07) is 1.89. The van der Waals surface area contributed by atoms with E-state index in [0.717, 1.165) is 37.5 Å². The first kappa shape index (κ1) is 13.8. The van der Waals surface area contributed by atoms with Crippen molar-refractivity contribution in [1.82, 2.24) is 4.98 Å². The number of pyridine rings is 1. The molecular weight excluding hydrogens is 238 g/mol. The quantitative estimate of drug-likeness (QED) is 0.889. The maximum Gasteiger partial charge on any atom is 0.252 e. The highest BCUT2D eigenvalue weighted by Crippen LogP contribution is 2.35. The van der Waals surface area contributed by atoms with E-state index in [0.29, 0.717) is 11.0 Å². The molecule has 0 aliphatic carbocycles. The second-order valence-electron chi connectivity index (χ2n) is 6.38. The molecule has 0 spiro atoms. The van der Waals surface area contributed by atoms with E-state index < -0.39 is 5.91 Å². The standard InChI is InChI=1S/C15H23N3O/c1-15(2,3)11-5-8-18(9-6-11)13-4-7-17-10-12(13)14(16)19/h4,7,10-11H,5-6,8-9H2,1-3H3,(H2,16,19). The van der Waals surface area contributed by atoms with Gasteiger partial charge in [-0.3, -0.25) is 9.78 Å². The lowest BCUT2D eigenvalue weighted by molar-refractivity contribution is 0.1000. The maximum absolute atomic E-state index is 11.4. The lowest BCUT2D eigenvalue weighted by Crippen LogP contribution is -2.39. The van der Waals surface area contributed by atoms with Gasteiger partial charge in [-0.25, -0.2) is 0 Å². The van der Waals surface area contributed by atoms with Gasteiger partial charge in [0.2, 0.25) is 0 Å². The number of rotatable bonds is 2. The summed E-state index contributed by atoms with van der Waals surface area (Å²) in [4.78, 5) is 17.7. The number of anilines is 1. The summed E-state index contributed by atoms with van der Waals surface area (Å²) < 4.78 is 0. The molecule has 4 nitrogen and oxygen atoms in total. The van der Waals surface area contributed by atoms with Crippen LogP contribution in [0.3, 0.4) is 0 Å². The number of primary amides is 1. The first-order valence-electron chi connectivity index (χ1n) is 6.88. The van der Waals surface area contributed by atoms with Crippen molar-refractivity contribution in [3.8, 4) is 0 Å². The second-order valence-corrected chi connectivity index (χ2v) is 6.38. The number of carbonyl (C=O) groups excluding carboxylic acids is 1. The molecule has 1 aliphatic heterocycles. The van der Waals surface area contributed by atoms with Crippen LogP contribution in [-0.2, 0) is 0 Å². The normalized spacial score (nSPS) is 17.5. The molecule has 2 heterocycles. The number of hydrogen-bond donors (Lipinski definition) is 1. The zero-order valence-electron chi connectivity index (χ0n) is 12.0. The predicted octanol–water partition coefficient (Wildman–Crippen LogP) is 2.44. The van der Waals surface area contributed by atoms with Gasteiger partial charge in [-0.15, -0.1) is 0 Å². The Labute approximate surface area is 115 Å². The smallest absolute Gasteiger partial charge is 0.252 e. The SMILES string of the molecule is CC(C)(C)C1CCN(c2ccncc2C(N)=O)CC1. The van der Waals surface area contributed by atoms with Gasteiger partial charge in [0.05, 0.1) is 11.3 Å². The summed E-state index contributed by atoms with van der Waals surface area (Å²) in [5.41, 5.74) is 7.22. The van der Waals surface area contributed by atoms with Gasteiger partial charge in [-0.1, -0.05) is 20.8 Å². The number of amides is 1. The summed E-state index contributed by atoms with van der Waals surface area (Å²) in [5, 5.41) is 0. The van der Waals surface area contributed by atoms with Gasteiger partial charge in [-0.2, -0.15) is 0 Å². The molecule has 2 rings (SSSR count). The first-order valence-corrected chi connectivity index (χ1v) is 6.88. The summed E-state index contributed by atoms with van der Waals surface area (Å²) >= 11 is 0. The monoisotopic (exact) mass is 261 g/mol. The fourth-order valence-electron chi connectivity index (χ4n) is 2.84. The average molecular weight is 261 g/mol. The van der Waals surface area contributed by atoms with Gasteiger partial charge in [0, 0.05) is 25.5 Å². The van der Waals surface area contributed by atoms with Gasteiger partial charge < -0.3 is 10.6 Å². The molecule has 1 amide bonds. The maximum atomic E-state index is 11.4. The third-order valence-corrected chi connectivity index (χ3v) is 4.12. The van der Waals surface area contributed by atoms with Gasteiger partial charge in [0.15, 0.2) is 0 Å². The van der Waals surface area contributed by atoms with E-state index in [1.54, 1.807) is 12.4 Å². The largest absolute Gasteiger partial charge is 0.371 e. The van der Waals surface area contributed by atoms with Crippen molar-refractivity contribution in [3.05, 3.63) is 24.0 Å². The van der Waals surface area contributed by atoms with Crippen LogP contribution in [0.4, 0.5) is 5.69 Å². The first-order chi connectivity index (χ1) is 8.89. The molecule has 19 heavy (non-hydrogen) atoms. The van der Waals surface area contributed by atoms with Crippen molar-refractivity contribution in [3.63, 3.8) is 0 Å². The molecule has 1 aromatic rings. The van der Waals surface area contributed by atoms with Crippen LogP contribution in [0.2, 0.25) is 0 Å². The Balaban J connectivity index is 2.12. The molecule has 2 N–H and O–H groups in total. The van der Waals surface area contributed by atoms with Crippen molar-refractivity contribution < 1.29 is 4.79 Å². The molecule has 1 fully saturated rings. The highest BCUT2D eigenvalue weighted by atomic mass is 16.1. The van der Waals surface area contributed by atoms with Crippen molar-refractivity contribution >= 4 is 11.6 Å². The van der Waals surface area contributed by atoms with Crippen LogP contribution in [-0.4, -0.2) is 24.0 Å². The van der Waals surface area contributed by atoms with Crippen molar-refractivity contribution in [2.75, 3.05) is 18.0 Å². The van der Waals surface area contributed by atoms with Crippen LogP contribution in [0.25, 0.3) is 0 Å². The molecule has 0 saturated carbocycles. The van der Waals surface area contributed by atoms with Crippen LogP contribution in [0, 0.1) is 11.3 Å². The predicted molar refractivity (Wildman–Crippen MR) is 77.1 cm³/mol. The van der Waals surface area contributed by atoms with Crippen LogP contribution >= 0.6 is 0 Å². The Bertz CT molecular complexity index is 457. The third kappa shape index (κ3) is 3.06. The van der Waals surface area contributed by atoms with E-state index in [4.69, 9.17) is 5.73 Å². The Morgan fingerprint density at radius 3 is 2.53 bits per heavy atom. The van der Waals surface area contributed by atoms with Gasteiger partial charge in [0.25, 0.3) is 5.91 Å². The molecule has 104 valence electrons. The van der Waals surface area contributed by atoms with Crippen LogP contribution < -0.4 is 10.6 Å².